The number of hydrogen-bond donors (Lipinski definition) is 0. The van der Waals surface area contributed by atoms with Gasteiger partial charge in [-0.3, -0.25) is 0 Å². The summed E-state index contributed by atoms with van der Waals surface area (Å²) in [7, 11) is 0. The second-order valence-electron chi connectivity index (χ2n) is 6.03. The Morgan fingerprint density at radius 1 is 1.20 bits per heavy atom. The Morgan fingerprint density at radius 2 is 1.85 bits per heavy atom. The van der Waals surface area contributed by atoms with Crippen LogP contribution in [0.4, 0.5) is 4.39 Å². The zero-order valence-electron chi connectivity index (χ0n) is 12.3. The van der Waals surface area contributed by atoms with E-state index in [2.05, 4.69) is 18.2 Å². The molecule has 1 aromatic rings. The van der Waals surface area contributed by atoms with Crippen molar-refractivity contribution in [1.82, 2.24) is 0 Å². The number of alkyl halides is 1. The first-order valence-corrected chi connectivity index (χ1v) is 7.87. The van der Waals surface area contributed by atoms with Gasteiger partial charge >= 0.3 is 0 Å². The lowest BCUT2D eigenvalue weighted by Gasteiger charge is -2.29. The molecule has 0 spiro atoms. The van der Waals surface area contributed by atoms with Gasteiger partial charge in [0.25, 0.3) is 0 Å². The molecule has 2 rings (SSSR count). The Bertz CT molecular complexity index is 437. The average molecular weight is 273 g/mol. The first-order chi connectivity index (χ1) is 9.72. The third-order valence-corrected chi connectivity index (χ3v) is 4.69. The molecule has 1 saturated carbocycles. The normalized spacial score (nSPS) is 24.1. The van der Waals surface area contributed by atoms with Crippen LogP contribution in [0.15, 0.2) is 24.3 Å². The van der Waals surface area contributed by atoms with Crippen LogP contribution in [0.2, 0.25) is 0 Å². The van der Waals surface area contributed by atoms with Crippen molar-refractivity contribution in [2.45, 2.75) is 64.0 Å². The van der Waals surface area contributed by atoms with E-state index in [-0.39, 0.29) is 0 Å². The maximum absolute atomic E-state index is 13.3. The molecular weight excluding hydrogens is 249 g/mol. The quantitative estimate of drug-likeness (QED) is 0.708. The molecule has 0 radical (unpaired) electrons. The molecular formula is C18H24FN. The Hall–Kier alpha value is -1.36. The molecule has 1 unspecified atom stereocenters. The molecule has 1 aromatic carbocycles. The van der Waals surface area contributed by atoms with Crippen molar-refractivity contribution in [3.63, 3.8) is 0 Å². The zero-order chi connectivity index (χ0) is 14.4. The molecule has 0 amide bonds. The van der Waals surface area contributed by atoms with Gasteiger partial charge in [-0.1, -0.05) is 19.1 Å². The molecule has 1 nitrogen and oxygen atoms in total. The lowest BCUT2D eigenvalue weighted by molar-refractivity contribution is 0.246. The lowest BCUT2D eigenvalue weighted by Crippen LogP contribution is -2.14. The number of nitriles is 1. The van der Waals surface area contributed by atoms with Gasteiger partial charge in [0.05, 0.1) is 17.8 Å². The van der Waals surface area contributed by atoms with Crippen LogP contribution in [0.1, 0.15) is 68.9 Å². The molecule has 20 heavy (non-hydrogen) atoms. The van der Waals surface area contributed by atoms with Gasteiger partial charge in [0.1, 0.15) is 0 Å². The summed E-state index contributed by atoms with van der Waals surface area (Å²) in [6.07, 6.45) is 6.70. The van der Waals surface area contributed by atoms with Gasteiger partial charge in [-0.2, -0.15) is 5.26 Å². The lowest BCUT2D eigenvalue weighted by atomic mass is 9.77. The molecule has 0 aromatic heterocycles. The SMILES string of the molecule is CCC(F)CCC1CCC(c2ccc(C#N)cc2)CC1. The van der Waals surface area contributed by atoms with E-state index in [9.17, 15) is 4.39 Å². The maximum atomic E-state index is 13.3. The van der Waals surface area contributed by atoms with Crippen LogP contribution in [0.5, 0.6) is 0 Å². The van der Waals surface area contributed by atoms with E-state index in [1.54, 1.807) is 0 Å². The topological polar surface area (TPSA) is 23.8 Å². The number of nitrogens with zero attached hydrogens (tertiary/aromatic N) is 1. The molecule has 1 aliphatic rings. The number of halogens is 1. The predicted octanol–water partition coefficient (Wildman–Crippen LogP) is 5.36. The minimum Gasteiger partial charge on any atom is -0.248 e. The standard InChI is InChI=1S/C18H24FN/c1-2-18(19)12-7-14-3-8-16(9-4-14)17-10-5-15(13-20)6-11-17/h5-6,10-11,14,16,18H,2-4,7-9,12H2,1H3. The van der Waals surface area contributed by atoms with Gasteiger partial charge in [0.15, 0.2) is 0 Å². The first-order valence-electron chi connectivity index (χ1n) is 7.87. The summed E-state index contributed by atoms with van der Waals surface area (Å²) < 4.78 is 13.3. The van der Waals surface area contributed by atoms with Crippen molar-refractivity contribution < 1.29 is 4.39 Å². The Morgan fingerprint density at radius 3 is 2.40 bits per heavy atom. The zero-order valence-corrected chi connectivity index (χ0v) is 12.3. The highest BCUT2D eigenvalue weighted by Gasteiger charge is 2.22. The van der Waals surface area contributed by atoms with Crippen LogP contribution >= 0.6 is 0 Å². The highest BCUT2D eigenvalue weighted by Crippen LogP contribution is 2.37. The van der Waals surface area contributed by atoms with E-state index in [0.717, 1.165) is 24.3 Å². The molecule has 0 N–H and O–H groups in total. The summed E-state index contributed by atoms with van der Waals surface area (Å²) in [5.74, 6) is 1.35. The minimum atomic E-state index is -0.605. The summed E-state index contributed by atoms with van der Waals surface area (Å²) in [6.45, 7) is 1.92. The van der Waals surface area contributed by atoms with Gasteiger partial charge in [0, 0.05) is 0 Å². The van der Waals surface area contributed by atoms with E-state index in [4.69, 9.17) is 5.26 Å². The molecule has 0 aliphatic heterocycles. The number of rotatable bonds is 5. The van der Waals surface area contributed by atoms with Gasteiger partial charge in [-0.05, 0) is 74.5 Å². The molecule has 2 heteroatoms. The van der Waals surface area contributed by atoms with E-state index >= 15 is 0 Å². The summed E-state index contributed by atoms with van der Waals surface area (Å²) >= 11 is 0. The van der Waals surface area contributed by atoms with Gasteiger partial charge in [-0.15, -0.1) is 0 Å². The van der Waals surface area contributed by atoms with Crippen LogP contribution in [-0.4, -0.2) is 6.17 Å². The summed E-state index contributed by atoms with van der Waals surface area (Å²) in [4.78, 5) is 0. The number of hydrogen-bond acceptors (Lipinski definition) is 1. The van der Waals surface area contributed by atoms with Crippen LogP contribution < -0.4 is 0 Å². The Balaban J connectivity index is 1.80. The minimum absolute atomic E-state index is 0.605. The molecule has 1 aliphatic carbocycles. The van der Waals surface area contributed by atoms with E-state index in [0.29, 0.717) is 12.3 Å². The third-order valence-electron chi connectivity index (χ3n) is 4.69. The van der Waals surface area contributed by atoms with Crippen LogP contribution in [0.3, 0.4) is 0 Å². The van der Waals surface area contributed by atoms with E-state index < -0.39 is 6.17 Å². The molecule has 0 heterocycles. The second-order valence-corrected chi connectivity index (χ2v) is 6.03. The van der Waals surface area contributed by atoms with Gasteiger partial charge in [0.2, 0.25) is 0 Å². The summed E-state index contributed by atoms with van der Waals surface area (Å²) in [5.41, 5.74) is 2.09. The predicted molar refractivity (Wildman–Crippen MR) is 80.3 cm³/mol. The van der Waals surface area contributed by atoms with E-state index in [1.807, 2.05) is 19.1 Å². The third kappa shape index (κ3) is 4.07. The molecule has 108 valence electrons. The van der Waals surface area contributed by atoms with Crippen molar-refractivity contribution in [3.8, 4) is 6.07 Å². The van der Waals surface area contributed by atoms with Crippen molar-refractivity contribution in [2.24, 2.45) is 5.92 Å². The van der Waals surface area contributed by atoms with Crippen LogP contribution in [0, 0.1) is 17.2 Å². The molecule has 0 saturated heterocycles. The largest absolute Gasteiger partial charge is 0.248 e. The van der Waals surface area contributed by atoms with Crippen LogP contribution in [-0.2, 0) is 0 Å². The van der Waals surface area contributed by atoms with Gasteiger partial charge < -0.3 is 0 Å². The number of benzene rings is 1. The molecule has 0 bridgehead atoms. The monoisotopic (exact) mass is 273 g/mol. The Kier molecular flexibility index (Phi) is 5.59. The van der Waals surface area contributed by atoms with Crippen LogP contribution in [0.25, 0.3) is 0 Å². The summed E-state index contributed by atoms with van der Waals surface area (Å²) in [5, 5.41) is 8.82. The van der Waals surface area contributed by atoms with E-state index in [1.165, 1.54) is 31.2 Å². The average Bonchev–Trinajstić information content (AvgIpc) is 2.53. The fraction of sp³-hybridized carbons (Fsp3) is 0.611. The Labute approximate surface area is 121 Å². The molecule has 1 fully saturated rings. The second kappa shape index (κ2) is 7.43. The fourth-order valence-corrected chi connectivity index (χ4v) is 3.23. The van der Waals surface area contributed by atoms with Crippen molar-refractivity contribution >= 4 is 0 Å². The maximum Gasteiger partial charge on any atom is 0.0999 e. The first kappa shape index (κ1) is 15.0. The van der Waals surface area contributed by atoms with Gasteiger partial charge in [-0.25, -0.2) is 4.39 Å². The highest BCUT2D eigenvalue weighted by atomic mass is 19.1. The fourth-order valence-electron chi connectivity index (χ4n) is 3.23. The van der Waals surface area contributed by atoms with Crippen molar-refractivity contribution in [3.05, 3.63) is 35.4 Å². The van der Waals surface area contributed by atoms with Crippen molar-refractivity contribution in [1.29, 1.82) is 5.26 Å². The smallest absolute Gasteiger partial charge is 0.0999 e. The molecule has 1 atom stereocenters. The summed E-state index contributed by atoms with van der Waals surface area (Å²) in [6, 6.07) is 10.2. The van der Waals surface area contributed by atoms with Crippen molar-refractivity contribution in [2.75, 3.05) is 0 Å². The highest BCUT2D eigenvalue weighted by molar-refractivity contribution is 5.33.